The third-order valence-electron chi connectivity index (χ3n) is 3.03. The van der Waals surface area contributed by atoms with E-state index < -0.39 is 0 Å². The molecule has 2 heterocycles. The van der Waals surface area contributed by atoms with E-state index in [2.05, 4.69) is 4.98 Å². The molecule has 0 fully saturated rings. The highest BCUT2D eigenvalue weighted by molar-refractivity contribution is 5.75. The maximum atomic E-state index is 12.0. The number of hydrogen-bond donors (Lipinski definition) is 0. The Morgan fingerprint density at radius 2 is 2.15 bits per heavy atom. The monoisotopic (exact) mass is 271 g/mol. The summed E-state index contributed by atoms with van der Waals surface area (Å²) < 4.78 is 1.54. The van der Waals surface area contributed by atoms with Gasteiger partial charge in [0.25, 0.3) is 5.56 Å². The number of hydrogen-bond acceptors (Lipinski definition) is 3. The lowest BCUT2D eigenvalue weighted by molar-refractivity contribution is -0.130. The molecule has 0 aliphatic heterocycles. The standard InChI is InChI=1S/C15H17N3O2/c1-17(12-13-5-4-8-16-11-13)14(19)7-10-18-9-3-2-6-15(18)20/h2-6,8-9,11H,7,10,12H2,1H3. The van der Waals surface area contributed by atoms with Gasteiger partial charge in [-0.25, -0.2) is 0 Å². The summed E-state index contributed by atoms with van der Waals surface area (Å²) in [5.41, 5.74) is 0.899. The lowest BCUT2D eigenvalue weighted by atomic mass is 10.2. The van der Waals surface area contributed by atoms with E-state index in [1.807, 2.05) is 12.1 Å². The first-order chi connectivity index (χ1) is 9.66. The van der Waals surface area contributed by atoms with Gasteiger partial charge in [-0.2, -0.15) is 0 Å². The van der Waals surface area contributed by atoms with E-state index in [-0.39, 0.29) is 11.5 Å². The van der Waals surface area contributed by atoms with Gasteiger partial charge >= 0.3 is 0 Å². The van der Waals surface area contributed by atoms with Gasteiger partial charge in [-0.05, 0) is 17.7 Å². The van der Waals surface area contributed by atoms with Crippen LogP contribution in [-0.4, -0.2) is 27.4 Å². The van der Waals surface area contributed by atoms with Crippen LogP contribution in [0.4, 0.5) is 0 Å². The van der Waals surface area contributed by atoms with E-state index in [0.29, 0.717) is 19.5 Å². The van der Waals surface area contributed by atoms with Gasteiger partial charge in [0, 0.05) is 51.2 Å². The lowest BCUT2D eigenvalue weighted by Crippen LogP contribution is -2.28. The Morgan fingerprint density at radius 3 is 2.85 bits per heavy atom. The SMILES string of the molecule is CN(Cc1cccnc1)C(=O)CCn1ccccc1=O. The Hall–Kier alpha value is -2.43. The third kappa shape index (κ3) is 3.78. The normalized spacial score (nSPS) is 10.2. The average molecular weight is 271 g/mol. The van der Waals surface area contributed by atoms with Crippen LogP contribution in [0, 0.1) is 0 Å². The van der Waals surface area contributed by atoms with Crippen molar-refractivity contribution in [1.29, 1.82) is 0 Å². The van der Waals surface area contributed by atoms with E-state index in [1.54, 1.807) is 42.7 Å². The molecule has 0 aliphatic carbocycles. The molecule has 2 rings (SSSR count). The highest BCUT2D eigenvalue weighted by Crippen LogP contribution is 2.03. The van der Waals surface area contributed by atoms with Gasteiger partial charge in [0.15, 0.2) is 0 Å². The Balaban J connectivity index is 1.89. The first kappa shape index (κ1) is 14.0. The van der Waals surface area contributed by atoms with Crippen molar-refractivity contribution < 1.29 is 4.79 Å². The summed E-state index contributed by atoms with van der Waals surface area (Å²) in [6.45, 7) is 0.923. The second-order valence-electron chi connectivity index (χ2n) is 4.59. The van der Waals surface area contributed by atoms with Crippen molar-refractivity contribution >= 4 is 5.91 Å². The molecular formula is C15H17N3O2. The number of carbonyl (C=O) groups is 1. The van der Waals surface area contributed by atoms with Crippen molar-refractivity contribution in [1.82, 2.24) is 14.5 Å². The van der Waals surface area contributed by atoms with Gasteiger partial charge in [-0.15, -0.1) is 0 Å². The van der Waals surface area contributed by atoms with Crippen LogP contribution in [0.15, 0.2) is 53.7 Å². The fraction of sp³-hybridized carbons (Fsp3) is 0.267. The quantitative estimate of drug-likeness (QED) is 0.823. The molecule has 2 aromatic rings. The number of pyridine rings is 2. The fourth-order valence-corrected chi connectivity index (χ4v) is 1.91. The first-order valence-corrected chi connectivity index (χ1v) is 6.45. The molecule has 0 spiro atoms. The molecule has 0 radical (unpaired) electrons. The fourth-order valence-electron chi connectivity index (χ4n) is 1.91. The van der Waals surface area contributed by atoms with E-state index >= 15 is 0 Å². The third-order valence-corrected chi connectivity index (χ3v) is 3.03. The van der Waals surface area contributed by atoms with Crippen LogP contribution in [0.1, 0.15) is 12.0 Å². The maximum absolute atomic E-state index is 12.0. The highest BCUT2D eigenvalue weighted by Gasteiger charge is 2.09. The number of rotatable bonds is 5. The van der Waals surface area contributed by atoms with E-state index in [1.165, 1.54) is 10.6 Å². The summed E-state index contributed by atoms with van der Waals surface area (Å²) in [4.78, 5) is 29.2. The van der Waals surface area contributed by atoms with Gasteiger partial charge in [0.2, 0.25) is 5.91 Å². The predicted octanol–water partition coefficient (Wildman–Crippen LogP) is 1.29. The minimum atomic E-state index is -0.0878. The lowest BCUT2D eigenvalue weighted by Gasteiger charge is -2.17. The number of aryl methyl sites for hydroxylation is 1. The number of carbonyl (C=O) groups excluding carboxylic acids is 1. The van der Waals surface area contributed by atoms with Crippen molar-refractivity contribution in [3.05, 3.63) is 64.8 Å². The van der Waals surface area contributed by atoms with Crippen LogP contribution in [-0.2, 0) is 17.9 Å². The molecule has 0 unspecified atom stereocenters. The minimum Gasteiger partial charge on any atom is -0.341 e. The first-order valence-electron chi connectivity index (χ1n) is 6.45. The summed E-state index contributed by atoms with van der Waals surface area (Å²) in [5.74, 6) is 0.00426. The molecule has 2 aromatic heterocycles. The predicted molar refractivity (Wildman–Crippen MR) is 76.0 cm³/mol. The Kier molecular flexibility index (Phi) is 4.65. The molecule has 0 saturated heterocycles. The second kappa shape index (κ2) is 6.65. The summed E-state index contributed by atoms with van der Waals surface area (Å²) in [5, 5.41) is 0. The molecule has 0 aromatic carbocycles. The van der Waals surface area contributed by atoms with Crippen LogP contribution < -0.4 is 5.56 Å². The van der Waals surface area contributed by atoms with Crippen LogP contribution in [0.2, 0.25) is 0 Å². The topological polar surface area (TPSA) is 55.2 Å². The molecule has 0 aliphatic rings. The summed E-state index contributed by atoms with van der Waals surface area (Å²) in [6, 6.07) is 8.74. The average Bonchev–Trinajstić information content (AvgIpc) is 2.47. The molecule has 5 heteroatoms. The summed E-state index contributed by atoms with van der Waals surface area (Å²) >= 11 is 0. The molecule has 0 bridgehead atoms. The van der Waals surface area contributed by atoms with Crippen LogP contribution in [0.5, 0.6) is 0 Å². The van der Waals surface area contributed by atoms with Crippen molar-refractivity contribution in [3.63, 3.8) is 0 Å². The Morgan fingerprint density at radius 1 is 1.30 bits per heavy atom. The number of amides is 1. The minimum absolute atomic E-state index is 0.00426. The van der Waals surface area contributed by atoms with Crippen LogP contribution in [0.3, 0.4) is 0 Å². The molecule has 0 saturated carbocycles. The maximum Gasteiger partial charge on any atom is 0.250 e. The van der Waals surface area contributed by atoms with Gasteiger partial charge in [-0.1, -0.05) is 12.1 Å². The number of aromatic nitrogens is 2. The van der Waals surface area contributed by atoms with Gasteiger partial charge in [0.05, 0.1) is 0 Å². The van der Waals surface area contributed by atoms with E-state index in [0.717, 1.165) is 5.56 Å². The molecule has 1 amide bonds. The summed E-state index contributed by atoms with van der Waals surface area (Å²) in [7, 11) is 1.75. The molecule has 0 N–H and O–H groups in total. The van der Waals surface area contributed by atoms with Crippen molar-refractivity contribution in [2.24, 2.45) is 0 Å². The molecule has 104 valence electrons. The molecule has 0 atom stereocenters. The largest absolute Gasteiger partial charge is 0.341 e. The van der Waals surface area contributed by atoms with Gasteiger partial charge in [-0.3, -0.25) is 14.6 Å². The Labute approximate surface area is 117 Å². The zero-order chi connectivity index (χ0) is 14.4. The van der Waals surface area contributed by atoms with Crippen molar-refractivity contribution in [2.75, 3.05) is 7.05 Å². The zero-order valence-electron chi connectivity index (χ0n) is 11.4. The van der Waals surface area contributed by atoms with E-state index in [9.17, 15) is 9.59 Å². The second-order valence-corrected chi connectivity index (χ2v) is 4.59. The molecule has 5 nitrogen and oxygen atoms in total. The summed E-state index contributed by atoms with van der Waals surface area (Å²) in [6.07, 6.45) is 5.44. The van der Waals surface area contributed by atoms with Gasteiger partial charge in [0.1, 0.15) is 0 Å². The highest BCUT2D eigenvalue weighted by atomic mass is 16.2. The molecule has 20 heavy (non-hydrogen) atoms. The smallest absolute Gasteiger partial charge is 0.250 e. The number of nitrogens with zero attached hydrogens (tertiary/aromatic N) is 3. The van der Waals surface area contributed by atoms with Crippen molar-refractivity contribution in [2.45, 2.75) is 19.5 Å². The van der Waals surface area contributed by atoms with E-state index in [4.69, 9.17) is 0 Å². The zero-order valence-corrected chi connectivity index (χ0v) is 11.4. The van der Waals surface area contributed by atoms with Crippen LogP contribution in [0.25, 0.3) is 0 Å². The van der Waals surface area contributed by atoms with Gasteiger partial charge < -0.3 is 9.47 Å². The Bertz CT molecular complexity index is 622. The molecular weight excluding hydrogens is 254 g/mol. The van der Waals surface area contributed by atoms with Crippen LogP contribution >= 0.6 is 0 Å². The van der Waals surface area contributed by atoms with Crippen molar-refractivity contribution in [3.8, 4) is 0 Å².